The Morgan fingerprint density at radius 2 is 1.59 bits per heavy atom. The Morgan fingerprint density at radius 3 is 2.15 bits per heavy atom. The van der Waals surface area contributed by atoms with Gasteiger partial charge in [0.25, 0.3) is 0 Å². The highest BCUT2D eigenvalue weighted by Gasteiger charge is 2.64. The van der Waals surface area contributed by atoms with Gasteiger partial charge < -0.3 is 39.6 Å². The summed E-state index contributed by atoms with van der Waals surface area (Å²) in [6.45, 7) is 9.08. The number of alkyl halides is 3. The fraction of sp³-hybridized carbons (Fsp3) is 0.500. The van der Waals surface area contributed by atoms with Crippen molar-refractivity contribution in [3.05, 3.63) is 71.5 Å². The predicted octanol–water partition coefficient (Wildman–Crippen LogP) is 3.67. The molecule has 0 saturated heterocycles. The lowest BCUT2D eigenvalue weighted by molar-refractivity contribution is -0.268. The molecule has 1 heterocycles. The van der Waals surface area contributed by atoms with E-state index in [1.165, 1.54) is 39.9 Å². The molecule has 0 spiro atoms. The van der Waals surface area contributed by atoms with E-state index in [0.29, 0.717) is 35.9 Å². The smallest absolute Gasteiger partial charge is 0.434 e. The highest BCUT2D eigenvalue weighted by Crippen LogP contribution is 2.39. The van der Waals surface area contributed by atoms with Gasteiger partial charge in [-0.15, -0.1) is 5.10 Å². The second-order valence-corrected chi connectivity index (χ2v) is 13.9. The van der Waals surface area contributed by atoms with E-state index in [9.17, 15) is 37.5 Å². The van der Waals surface area contributed by atoms with E-state index in [-0.39, 0.29) is 19.5 Å². The molecule has 0 radical (unpaired) electrons. The van der Waals surface area contributed by atoms with Gasteiger partial charge in [-0.1, -0.05) is 35.5 Å². The van der Waals surface area contributed by atoms with Crippen molar-refractivity contribution in [1.82, 2.24) is 30.5 Å². The molecule has 0 bridgehead atoms. The Balaban J connectivity index is 1.99. The Morgan fingerprint density at radius 1 is 0.944 bits per heavy atom. The molecule has 18 heteroatoms. The molecule has 0 saturated carbocycles. The standard InChI is InChI=1S/C36H47F3N6O9/c1-22(19-44-21-28(42-43-44)35(50,31(48)53-9)36(37,38)39)40-30(47)34(5,6)45(20-24-15-16-25(51-7)18-27(24)52-8)29(46)26(17-23-13-11-10-12-14-23)41-32(49)54-33(2,3)4/h10-16,18,21-22,26,50H,17,19-20H2,1-9H3,(H,40,47)(H,41,49)/t22-,26-,35?/m0/s1. The first-order valence-electron chi connectivity index (χ1n) is 16.7. The van der Waals surface area contributed by atoms with E-state index in [1.54, 1.807) is 69.3 Å². The predicted molar refractivity (Wildman–Crippen MR) is 187 cm³/mol. The number of nitrogens with zero attached hydrogens (tertiary/aromatic N) is 4. The second kappa shape index (κ2) is 17.2. The first-order chi connectivity index (χ1) is 25.1. The maximum Gasteiger partial charge on any atom is 0.434 e. The highest BCUT2D eigenvalue weighted by molar-refractivity contribution is 5.94. The van der Waals surface area contributed by atoms with Gasteiger partial charge in [-0.25, -0.2) is 9.59 Å². The molecular formula is C36H47F3N6O9. The normalized spacial score (nSPS) is 14.2. The minimum Gasteiger partial charge on any atom is -0.497 e. The maximum atomic E-state index is 14.7. The number of methoxy groups -OCH3 is 3. The summed E-state index contributed by atoms with van der Waals surface area (Å²) in [6.07, 6.45) is -5.59. The Hall–Kier alpha value is -5.39. The molecule has 15 nitrogen and oxygen atoms in total. The van der Waals surface area contributed by atoms with Gasteiger partial charge in [-0.3, -0.25) is 14.3 Å². The van der Waals surface area contributed by atoms with Crippen LogP contribution in [0.2, 0.25) is 0 Å². The molecule has 3 rings (SSSR count). The van der Waals surface area contributed by atoms with Crippen molar-refractivity contribution < 1.29 is 56.4 Å². The summed E-state index contributed by atoms with van der Waals surface area (Å²) < 4.78 is 62.7. The number of hydrogen-bond donors (Lipinski definition) is 3. The van der Waals surface area contributed by atoms with Crippen LogP contribution in [0.1, 0.15) is 58.4 Å². The van der Waals surface area contributed by atoms with Crippen LogP contribution in [0.15, 0.2) is 54.7 Å². The largest absolute Gasteiger partial charge is 0.497 e. The zero-order valence-electron chi connectivity index (χ0n) is 31.6. The molecule has 296 valence electrons. The summed E-state index contributed by atoms with van der Waals surface area (Å²) in [4.78, 5) is 55.1. The Kier molecular flexibility index (Phi) is 13.7. The van der Waals surface area contributed by atoms with Gasteiger partial charge >= 0.3 is 23.8 Å². The van der Waals surface area contributed by atoms with Crippen LogP contribution in [0, 0.1) is 0 Å². The summed E-state index contributed by atoms with van der Waals surface area (Å²) in [6, 6.07) is 11.8. The van der Waals surface area contributed by atoms with Gasteiger partial charge in [0.15, 0.2) is 0 Å². The van der Waals surface area contributed by atoms with E-state index >= 15 is 0 Å². The van der Waals surface area contributed by atoms with Crippen LogP contribution < -0.4 is 20.1 Å². The molecule has 3 amide bonds. The summed E-state index contributed by atoms with van der Waals surface area (Å²) >= 11 is 0. The SMILES string of the molecule is COC(=O)C(O)(c1cn(C[C@H](C)NC(=O)C(C)(C)N(Cc2ccc(OC)cc2OC)C(=O)[C@H](Cc2ccccc2)NC(=O)OC(C)(C)C)nn1)C(F)(F)F. The number of nitrogens with one attached hydrogen (secondary N) is 2. The van der Waals surface area contributed by atoms with Crippen molar-refractivity contribution >= 4 is 23.9 Å². The molecule has 0 aliphatic heterocycles. The zero-order valence-corrected chi connectivity index (χ0v) is 31.6. The number of esters is 1. The van der Waals surface area contributed by atoms with Crippen molar-refractivity contribution in [3.63, 3.8) is 0 Å². The number of aliphatic hydroxyl groups is 1. The van der Waals surface area contributed by atoms with Gasteiger partial charge in [0.2, 0.25) is 11.8 Å². The van der Waals surface area contributed by atoms with Crippen molar-refractivity contribution in [2.45, 2.75) is 96.1 Å². The summed E-state index contributed by atoms with van der Waals surface area (Å²) in [5.41, 5.74) is -6.55. The highest BCUT2D eigenvalue weighted by atomic mass is 19.4. The maximum absolute atomic E-state index is 14.7. The molecule has 3 atom stereocenters. The number of aromatic nitrogens is 3. The Labute approximate surface area is 311 Å². The lowest BCUT2D eigenvalue weighted by Crippen LogP contribution is -2.62. The van der Waals surface area contributed by atoms with Gasteiger partial charge in [0.05, 0.1) is 40.6 Å². The van der Waals surface area contributed by atoms with Gasteiger partial charge in [0.1, 0.15) is 34.4 Å². The molecule has 2 aromatic carbocycles. The van der Waals surface area contributed by atoms with Gasteiger partial charge in [-0.2, -0.15) is 13.2 Å². The number of alkyl carbamates (subject to hydrolysis) is 1. The molecule has 0 aliphatic carbocycles. The topological polar surface area (TPSA) is 183 Å². The van der Waals surface area contributed by atoms with Crippen LogP contribution in [0.25, 0.3) is 0 Å². The number of hydrogen-bond acceptors (Lipinski definition) is 11. The molecule has 0 aliphatic rings. The van der Waals surface area contributed by atoms with Crippen LogP contribution in [0.3, 0.4) is 0 Å². The van der Waals surface area contributed by atoms with Gasteiger partial charge in [-0.05, 0) is 59.2 Å². The molecule has 3 N–H and O–H groups in total. The first-order valence-corrected chi connectivity index (χ1v) is 16.7. The zero-order chi connectivity index (χ0) is 40.6. The van der Waals surface area contributed by atoms with Crippen LogP contribution in [-0.2, 0) is 49.0 Å². The van der Waals surface area contributed by atoms with Crippen LogP contribution in [0.5, 0.6) is 11.5 Å². The number of amides is 3. The van der Waals surface area contributed by atoms with Crippen molar-refractivity contribution in [1.29, 1.82) is 0 Å². The lowest BCUT2D eigenvalue weighted by Gasteiger charge is -2.40. The number of ether oxygens (including phenoxy) is 4. The summed E-state index contributed by atoms with van der Waals surface area (Å²) in [7, 11) is 3.59. The van der Waals surface area contributed by atoms with E-state index in [0.717, 1.165) is 4.68 Å². The van der Waals surface area contributed by atoms with Crippen LogP contribution >= 0.6 is 0 Å². The third kappa shape index (κ3) is 10.4. The van der Waals surface area contributed by atoms with Crippen LogP contribution in [0.4, 0.5) is 18.0 Å². The van der Waals surface area contributed by atoms with Crippen molar-refractivity contribution in [3.8, 4) is 11.5 Å². The van der Waals surface area contributed by atoms with E-state index < -0.39 is 64.6 Å². The minimum absolute atomic E-state index is 0.0355. The average Bonchev–Trinajstić information content (AvgIpc) is 3.56. The fourth-order valence-corrected chi connectivity index (χ4v) is 5.31. The molecule has 1 unspecified atom stereocenters. The first kappa shape index (κ1) is 43.0. The van der Waals surface area contributed by atoms with Crippen molar-refractivity contribution in [2.24, 2.45) is 0 Å². The van der Waals surface area contributed by atoms with E-state index in [1.807, 2.05) is 0 Å². The average molecular weight is 765 g/mol. The number of halogens is 3. The minimum atomic E-state index is -5.48. The fourth-order valence-electron chi connectivity index (χ4n) is 5.31. The Bertz CT molecular complexity index is 1780. The number of benzene rings is 2. The van der Waals surface area contributed by atoms with Crippen LogP contribution in [-0.4, -0.2) is 99.6 Å². The summed E-state index contributed by atoms with van der Waals surface area (Å²) in [5.74, 6) is -2.51. The third-order valence-electron chi connectivity index (χ3n) is 8.23. The van der Waals surface area contributed by atoms with E-state index in [2.05, 4.69) is 25.7 Å². The number of carbonyl (C=O) groups is 4. The quantitative estimate of drug-likeness (QED) is 0.192. The summed E-state index contributed by atoms with van der Waals surface area (Å²) in [5, 5.41) is 22.6. The third-order valence-corrected chi connectivity index (χ3v) is 8.23. The van der Waals surface area contributed by atoms with Gasteiger partial charge in [0, 0.05) is 24.1 Å². The van der Waals surface area contributed by atoms with Crippen molar-refractivity contribution in [2.75, 3.05) is 21.3 Å². The molecular weight excluding hydrogens is 717 g/mol. The molecule has 0 fully saturated rings. The lowest BCUT2D eigenvalue weighted by atomic mass is 9.96. The second-order valence-electron chi connectivity index (χ2n) is 13.9. The molecule has 54 heavy (non-hydrogen) atoms. The van der Waals surface area contributed by atoms with E-state index in [4.69, 9.17) is 14.2 Å². The number of rotatable bonds is 15. The molecule has 3 aromatic rings. The molecule has 1 aromatic heterocycles. The monoisotopic (exact) mass is 764 g/mol. The number of carbonyl (C=O) groups excluding carboxylic acids is 4.